The summed E-state index contributed by atoms with van der Waals surface area (Å²) in [5.41, 5.74) is 1.12. The van der Waals surface area contributed by atoms with Crippen molar-refractivity contribution >= 4 is 17.6 Å². The molecule has 5 nitrogen and oxygen atoms in total. The third kappa shape index (κ3) is 2.38. The summed E-state index contributed by atoms with van der Waals surface area (Å²) in [5, 5.41) is 4.43. The predicted molar refractivity (Wildman–Crippen MR) is 85.6 cm³/mol. The van der Waals surface area contributed by atoms with Crippen LogP contribution < -0.4 is 4.90 Å². The van der Waals surface area contributed by atoms with E-state index in [9.17, 15) is 9.59 Å². The lowest BCUT2D eigenvalue weighted by molar-refractivity contribution is -0.122. The van der Waals surface area contributed by atoms with Crippen LogP contribution in [0.4, 0.5) is 5.82 Å². The highest BCUT2D eigenvalue weighted by molar-refractivity contribution is 6.21. The van der Waals surface area contributed by atoms with Crippen LogP contribution in [0.15, 0.2) is 54.7 Å². The second kappa shape index (κ2) is 5.50. The van der Waals surface area contributed by atoms with Gasteiger partial charge in [-0.2, -0.15) is 5.10 Å². The van der Waals surface area contributed by atoms with E-state index >= 15 is 0 Å². The molecule has 0 saturated carbocycles. The summed E-state index contributed by atoms with van der Waals surface area (Å²) in [4.78, 5) is 26.3. The molecule has 1 aliphatic heterocycles. The van der Waals surface area contributed by atoms with Crippen molar-refractivity contribution in [2.75, 3.05) is 4.90 Å². The monoisotopic (exact) mass is 307 g/mol. The molecule has 5 heteroatoms. The highest BCUT2D eigenvalue weighted by atomic mass is 16.2. The van der Waals surface area contributed by atoms with Gasteiger partial charge in [-0.15, -0.1) is 0 Å². The Bertz CT molecular complexity index is 753. The van der Waals surface area contributed by atoms with Crippen LogP contribution in [0.2, 0.25) is 0 Å². The molecule has 0 spiro atoms. The van der Waals surface area contributed by atoms with Gasteiger partial charge >= 0.3 is 0 Å². The molecule has 1 aromatic carbocycles. The van der Waals surface area contributed by atoms with Crippen LogP contribution in [0.5, 0.6) is 0 Å². The summed E-state index contributed by atoms with van der Waals surface area (Å²) in [6.07, 6.45) is 7.09. The molecule has 0 radical (unpaired) electrons. The van der Waals surface area contributed by atoms with Gasteiger partial charge in [0, 0.05) is 12.3 Å². The number of hydrogen-bond acceptors (Lipinski definition) is 3. The number of hydrogen-bond donors (Lipinski definition) is 0. The molecule has 23 heavy (non-hydrogen) atoms. The van der Waals surface area contributed by atoms with Crippen molar-refractivity contribution in [3.8, 4) is 0 Å². The van der Waals surface area contributed by atoms with Crippen LogP contribution in [-0.2, 0) is 16.1 Å². The molecule has 1 saturated heterocycles. The first-order chi connectivity index (χ1) is 11.2. The minimum Gasteiger partial charge on any atom is -0.274 e. The van der Waals surface area contributed by atoms with Gasteiger partial charge in [-0.05, 0) is 18.4 Å². The molecular weight excluding hydrogens is 290 g/mol. The molecule has 2 aromatic rings. The van der Waals surface area contributed by atoms with Crippen molar-refractivity contribution in [1.29, 1.82) is 0 Å². The number of rotatable bonds is 3. The number of nitrogens with zero attached hydrogens (tertiary/aromatic N) is 3. The number of anilines is 1. The normalized spacial score (nSPS) is 23.4. The minimum atomic E-state index is -0.216. The lowest BCUT2D eigenvalue weighted by Crippen LogP contribution is -2.31. The Kier molecular flexibility index (Phi) is 3.33. The quantitative estimate of drug-likeness (QED) is 0.646. The molecule has 1 aliphatic carbocycles. The minimum absolute atomic E-state index is 0.116. The van der Waals surface area contributed by atoms with Crippen molar-refractivity contribution in [3.05, 3.63) is 60.3 Å². The van der Waals surface area contributed by atoms with Gasteiger partial charge in [0.05, 0.1) is 18.4 Å². The van der Waals surface area contributed by atoms with Crippen LogP contribution in [0.1, 0.15) is 18.4 Å². The Morgan fingerprint density at radius 2 is 1.61 bits per heavy atom. The smallest absolute Gasteiger partial charge is 0.239 e. The summed E-state index contributed by atoms with van der Waals surface area (Å²) in [5.74, 6) is -0.229. The van der Waals surface area contributed by atoms with Gasteiger partial charge in [0.25, 0.3) is 0 Å². The Morgan fingerprint density at radius 1 is 0.957 bits per heavy atom. The van der Waals surface area contributed by atoms with E-state index in [2.05, 4.69) is 5.10 Å². The first-order valence-corrected chi connectivity index (χ1v) is 7.84. The summed E-state index contributed by atoms with van der Waals surface area (Å²) in [6, 6.07) is 11.7. The highest BCUT2D eigenvalue weighted by Crippen LogP contribution is 2.36. The van der Waals surface area contributed by atoms with Gasteiger partial charge in [0.2, 0.25) is 11.8 Å². The van der Waals surface area contributed by atoms with E-state index in [-0.39, 0.29) is 23.7 Å². The summed E-state index contributed by atoms with van der Waals surface area (Å²) in [7, 11) is 0. The maximum Gasteiger partial charge on any atom is 0.239 e. The van der Waals surface area contributed by atoms with E-state index in [0.29, 0.717) is 25.2 Å². The van der Waals surface area contributed by atoms with Gasteiger partial charge in [-0.1, -0.05) is 42.5 Å². The van der Waals surface area contributed by atoms with Gasteiger partial charge in [-0.3, -0.25) is 14.3 Å². The number of carbonyl (C=O) groups excluding carboxylic acids is 2. The topological polar surface area (TPSA) is 55.2 Å². The number of allylic oxidation sites excluding steroid dienone is 2. The molecule has 2 heterocycles. The van der Waals surface area contributed by atoms with Crippen molar-refractivity contribution in [2.45, 2.75) is 19.4 Å². The molecule has 2 amide bonds. The zero-order chi connectivity index (χ0) is 15.8. The SMILES string of the molecule is O=C1[C@H]2CC=CC[C@@H]2C(=O)N1c1ccn(Cc2ccccc2)n1. The number of imide groups is 1. The van der Waals surface area contributed by atoms with E-state index in [1.54, 1.807) is 10.7 Å². The first kappa shape index (κ1) is 13.9. The van der Waals surface area contributed by atoms with E-state index < -0.39 is 0 Å². The number of fused-ring (bicyclic) bond motifs is 1. The number of carbonyl (C=O) groups is 2. The molecule has 0 bridgehead atoms. The third-order valence-electron chi connectivity index (χ3n) is 4.55. The standard InChI is InChI=1S/C18H17N3O2/c22-17-14-8-4-5-9-15(14)18(23)21(17)16-10-11-20(19-16)12-13-6-2-1-3-7-13/h1-7,10-11,14-15H,8-9,12H2/t14-,15-/m0/s1. The van der Waals surface area contributed by atoms with Crippen LogP contribution in [0.3, 0.4) is 0 Å². The fourth-order valence-corrected chi connectivity index (χ4v) is 3.35. The third-order valence-corrected chi connectivity index (χ3v) is 4.55. The van der Waals surface area contributed by atoms with E-state index in [0.717, 1.165) is 5.56 Å². The fraction of sp³-hybridized carbons (Fsp3) is 0.278. The van der Waals surface area contributed by atoms with Gasteiger partial charge in [0.15, 0.2) is 5.82 Å². The molecule has 0 N–H and O–H groups in total. The maximum atomic E-state index is 12.5. The van der Waals surface area contributed by atoms with Crippen molar-refractivity contribution in [2.24, 2.45) is 11.8 Å². The first-order valence-electron chi connectivity index (χ1n) is 7.84. The Hall–Kier alpha value is -2.69. The van der Waals surface area contributed by atoms with Crippen LogP contribution in [0, 0.1) is 11.8 Å². The Balaban J connectivity index is 1.57. The second-order valence-electron chi connectivity index (χ2n) is 6.02. The molecule has 0 unspecified atom stereocenters. The number of aromatic nitrogens is 2. The zero-order valence-corrected chi connectivity index (χ0v) is 12.6. The van der Waals surface area contributed by atoms with E-state index in [1.165, 1.54) is 4.90 Å². The highest BCUT2D eigenvalue weighted by Gasteiger charge is 2.48. The van der Waals surface area contributed by atoms with Crippen LogP contribution in [0.25, 0.3) is 0 Å². The lowest BCUT2D eigenvalue weighted by Gasteiger charge is -2.14. The molecular formula is C18H17N3O2. The van der Waals surface area contributed by atoms with Gasteiger partial charge in [-0.25, -0.2) is 4.90 Å². The number of benzene rings is 1. The van der Waals surface area contributed by atoms with Crippen molar-refractivity contribution in [1.82, 2.24) is 9.78 Å². The average molecular weight is 307 g/mol. The Labute approximate surface area is 134 Å². The second-order valence-corrected chi connectivity index (χ2v) is 6.02. The van der Waals surface area contributed by atoms with Crippen LogP contribution in [-0.4, -0.2) is 21.6 Å². The van der Waals surface area contributed by atoms with E-state index in [4.69, 9.17) is 0 Å². The lowest BCUT2D eigenvalue weighted by atomic mass is 9.85. The largest absolute Gasteiger partial charge is 0.274 e. The van der Waals surface area contributed by atoms with Gasteiger partial charge in [0.1, 0.15) is 0 Å². The summed E-state index contributed by atoms with van der Waals surface area (Å²) < 4.78 is 1.76. The fourth-order valence-electron chi connectivity index (χ4n) is 3.35. The van der Waals surface area contributed by atoms with Gasteiger partial charge < -0.3 is 0 Å². The molecule has 4 rings (SSSR count). The Morgan fingerprint density at radius 3 is 2.26 bits per heavy atom. The maximum absolute atomic E-state index is 12.5. The summed E-state index contributed by atoms with van der Waals surface area (Å²) >= 11 is 0. The zero-order valence-electron chi connectivity index (χ0n) is 12.6. The molecule has 2 aliphatic rings. The van der Waals surface area contributed by atoms with Crippen molar-refractivity contribution < 1.29 is 9.59 Å². The van der Waals surface area contributed by atoms with E-state index in [1.807, 2.05) is 48.7 Å². The average Bonchev–Trinajstić information content (AvgIpc) is 3.12. The summed E-state index contributed by atoms with van der Waals surface area (Å²) in [6.45, 7) is 0.617. The molecule has 1 fully saturated rings. The molecule has 2 atom stereocenters. The molecule has 1 aromatic heterocycles. The van der Waals surface area contributed by atoms with Crippen molar-refractivity contribution in [3.63, 3.8) is 0 Å². The van der Waals surface area contributed by atoms with Crippen LogP contribution >= 0.6 is 0 Å². The predicted octanol–water partition coefficient (Wildman–Crippen LogP) is 2.39. The molecule has 116 valence electrons. The number of amides is 2.